The summed E-state index contributed by atoms with van der Waals surface area (Å²) < 4.78 is 7.66. The molecule has 0 saturated heterocycles. The first-order valence-corrected chi connectivity index (χ1v) is 9.05. The van der Waals surface area contributed by atoms with E-state index in [1.165, 1.54) is 0 Å². The van der Waals surface area contributed by atoms with Crippen molar-refractivity contribution < 1.29 is 4.74 Å². The maximum absolute atomic E-state index is 6.08. The number of aromatic nitrogens is 3. The zero-order valence-corrected chi connectivity index (χ0v) is 15.3. The molecular formula is C17H15Cl2N3OS. The minimum Gasteiger partial charge on any atom is -0.491 e. The molecule has 0 fully saturated rings. The monoisotopic (exact) mass is 379 g/mol. The van der Waals surface area contributed by atoms with Crippen molar-refractivity contribution in [3.8, 4) is 17.1 Å². The molecule has 124 valence electrons. The SMILES string of the molecule is Cn1c(SCCOc2ccc(Cl)cc2Cl)nnc1-c1ccccc1. The number of thioether (sulfide) groups is 1. The second-order valence-electron chi connectivity index (χ2n) is 5.00. The van der Waals surface area contributed by atoms with Crippen molar-refractivity contribution in [3.63, 3.8) is 0 Å². The van der Waals surface area contributed by atoms with Crippen LogP contribution in [0.15, 0.2) is 53.7 Å². The van der Waals surface area contributed by atoms with Gasteiger partial charge >= 0.3 is 0 Å². The largest absolute Gasteiger partial charge is 0.491 e. The van der Waals surface area contributed by atoms with Crippen molar-refractivity contribution in [1.82, 2.24) is 14.8 Å². The molecule has 0 spiro atoms. The molecule has 0 unspecified atom stereocenters. The van der Waals surface area contributed by atoms with E-state index in [-0.39, 0.29) is 0 Å². The number of rotatable bonds is 6. The maximum atomic E-state index is 6.08. The molecule has 24 heavy (non-hydrogen) atoms. The summed E-state index contributed by atoms with van der Waals surface area (Å²) in [6, 6.07) is 15.2. The molecule has 0 aliphatic heterocycles. The van der Waals surface area contributed by atoms with Crippen LogP contribution >= 0.6 is 35.0 Å². The summed E-state index contributed by atoms with van der Waals surface area (Å²) in [4.78, 5) is 0. The number of benzene rings is 2. The molecule has 0 amide bonds. The lowest BCUT2D eigenvalue weighted by atomic mass is 10.2. The lowest BCUT2D eigenvalue weighted by molar-refractivity contribution is 0.344. The van der Waals surface area contributed by atoms with Crippen LogP contribution in [0, 0.1) is 0 Å². The topological polar surface area (TPSA) is 39.9 Å². The highest BCUT2D eigenvalue weighted by molar-refractivity contribution is 7.99. The predicted molar refractivity (Wildman–Crippen MR) is 99.1 cm³/mol. The molecule has 0 bridgehead atoms. The molecule has 4 nitrogen and oxygen atoms in total. The van der Waals surface area contributed by atoms with Gasteiger partial charge in [-0.1, -0.05) is 65.3 Å². The first kappa shape index (κ1) is 17.1. The zero-order chi connectivity index (χ0) is 16.9. The standard InChI is InChI=1S/C17H15Cl2N3OS/c1-22-16(12-5-3-2-4-6-12)20-21-17(22)24-10-9-23-15-8-7-13(18)11-14(15)19/h2-8,11H,9-10H2,1H3. The Bertz CT molecular complexity index is 824. The minimum atomic E-state index is 0.512. The number of hydrogen-bond donors (Lipinski definition) is 0. The minimum absolute atomic E-state index is 0.512. The van der Waals surface area contributed by atoms with E-state index in [9.17, 15) is 0 Å². The van der Waals surface area contributed by atoms with Crippen molar-refractivity contribution in [2.24, 2.45) is 7.05 Å². The van der Waals surface area contributed by atoms with Gasteiger partial charge in [0.05, 0.1) is 11.6 Å². The van der Waals surface area contributed by atoms with Crippen LogP contribution in [0.25, 0.3) is 11.4 Å². The third-order valence-corrected chi connectivity index (χ3v) is 4.85. The van der Waals surface area contributed by atoms with Crippen LogP contribution in [0.2, 0.25) is 10.0 Å². The molecule has 1 heterocycles. The van der Waals surface area contributed by atoms with E-state index in [0.29, 0.717) is 22.4 Å². The second-order valence-corrected chi connectivity index (χ2v) is 6.91. The van der Waals surface area contributed by atoms with E-state index in [4.69, 9.17) is 27.9 Å². The van der Waals surface area contributed by atoms with E-state index in [0.717, 1.165) is 22.3 Å². The average molecular weight is 380 g/mol. The van der Waals surface area contributed by atoms with Gasteiger partial charge < -0.3 is 9.30 Å². The Morgan fingerprint density at radius 1 is 1.08 bits per heavy atom. The molecule has 1 aromatic heterocycles. The second kappa shape index (κ2) is 7.92. The molecule has 7 heteroatoms. The van der Waals surface area contributed by atoms with Crippen molar-refractivity contribution in [2.75, 3.05) is 12.4 Å². The Kier molecular flexibility index (Phi) is 5.66. The van der Waals surface area contributed by atoms with Crippen LogP contribution in [-0.2, 0) is 7.05 Å². The van der Waals surface area contributed by atoms with Crippen LogP contribution in [0.1, 0.15) is 0 Å². The summed E-state index contributed by atoms with van der Waals surface area (Å²) >= 11 is 13.5. The van der Waals surface area contributed by atoms with Crippen molar-refractivity contribution in [3.05, 3.63) is 58.6 Å². The third-order valence-electron chi connectivity index (χ3n) is 3.33. The Hall–Kier alpha value is -1.69. The van der Waals surface area contributed by atoms with Gasteiger partial charge in [-0.2, -0.15) is 0 Å². The van der Waals surface area contributed by atoms with Crippen LogP contribution in [0.5, 0.6) is 5.75 Å². The summed E-state index contributed by atoms with van der Waals surface area (Å²) in [6.07, 6.45) is 0. The van der Waals surface area contributed by atoms with E-state index in [2.05, 4.69) is 10.2 Å². The first-order valence-electron chi connectivity index (χ1n) is 7.30. The van der Waals surface area contributed by atoms with Crippen LogP contribution < -0.4 is 4.74 Å². The number of hydrogen-bond acceptors (Lipinski definition) is 4. The van der Waals surface area contributed by atoms with Crippen molar-refractivity contribution in [2.45, 2.75) is 5.16 Å². The van der Waals surface area contributed by atoms with E-state index in [1.54, 1.807) is 30.0 Å². The predicted octanol–water partition coefficient (Wildman–Crippen LogP) is 4.96. The summed E-state index contributed by atoms with van der Waals surface area (Å²) in [5, 5.41) is 10.5. The van der Waals surface area contributed by atoms with Crippen molar-refractivity contribution >= 4 is 35.0 Å². The van der Waals surface area contributed by atoms with Gasteiger partial charge in [-0.15, -0.1) is 10.2 Å². The third kappa shape index (κ3) is 4.04. The summed E-state index contributed by atoms with van der Waals surface area (Å²) in [5.74, 6) is 2.21. The van der Waals surface area contributed by atoms with Gasteiger partial charge in [0, 0.05) is 23.4 Å². The van der Waals surface area contributed by atoms with Crippen LogP contribution in [-0.4, -0.2) is 27.1 Å². The highest BCUT2D eigenvalue weighted by Crippen LogP contribution is 2.28. The molecular weight excluding hydrogens is 365 g/mol. The first-order chi connectivity index (χ1) is 11.6. The Balaban J connectivity index is 1.57. The molecule has 0 aliphatic carbocycles. The van der Waals surface area contributed by atoms with Gasteiger partial charge in [0.1, 0.15) is 5.75 Å². The highest BCUT2D eigenvalue weighted by Gasteiger charge is 2.11. The van der Waals surface area contributed by atoms with E-state index < -0.39 is 0 Å². The fraction of sp³-hybridized carbons (Fsp3) is 0.176. The van der Waals surface area contributed by atoms with Gasteiger partial charge in [-0.05, 0) is 18.2 Å². The van der Waals surface area contributed by atoms with Gasteiger partial charge in [0.2, 0.25) is 0 Å². The molecule has 0 saturated carbocycles. The quantitative estimate of drug-likeness (QED) is 0.448. The molecule has 0 aliphatic rings. The number of ether oxygens (including phenoxy) is 1. The van der Waals surface area contributed by atoms with Gasteiger partial charge in [-0.25, -0.2) is 0 Å². The molecule has 0 radical (unpaired) electrons. The Morgan fingerprint density at radius 3 is 2.62 bits per heavy atom. The summed E-state index contributed by atoms with van der Waals surface area (Å²) in [7, 11) is 1.96. The van der Waals surface area contributed by atoms with E-state index >= 15 is 0 Å². The summed E-state index contributed by atoms with van der Waals surface area (Å²) in [6.45, 7) is 0.513. The highest BCUT2D eigenvalue weighted by atomic mass is 35.5. The zero-order valence-electron chi connectivity index (χ0n) is 12.9. The van der Waals surface area contributed by atoms with Crippen LogP contribution in [0.4, 0.5) is 0 Å². The number of nitrogens with zero attached hydrogens (tertiary/aromatic N) is 3. The van der Waals surface area contributed by atoms with Gasteiger partial charge in [0.15, 0.2) is 11.0 Å². The molecule has 0 N–H and O–H groups in total. The summed E-state index contributed by atoms with van der Waals surface area (Å²) in [5.41, 5.74) is 1.04. The molecule has 3 aromatic rings. The average Bonchev–Trinajstić information content (AvgIpc) is 2.95. The lowest BCUT2D eigenvalue weighted by Crippen LogP contribution is -2.02. The fourth-order valence-corrected chi connectivity index (χ4v) is 3.35. The maximum Gasteiger partial charge on any atom is 0.191 e. The molecule has 3 rings (SSSR count). The number of halogens is 2. The fourth-order valence-electron chi connectivity index (χ4n) is 2.16. The van der Waals surface area contributed by atoms with E-state index in [1.807, 2.05) is 41.9 Å². The normalized spacial score (nSPS) is 10.8. The lowest BCUT2D eigenvalue weighted by Gasteiger charge is -2.08. The molecule has 2 aromatic carbocycles. The van der Waals surface area contributed by atoms with Crippen molar-refractivity contribution in [1.29, 1.82) is 0 Å². The molecule has 0 atom stereocenters. The van der Waals surface area contributed by atoms with Crippen LogP contribution in [0.3, 0.4) is 0 Å². The Labute approximate surface area is 154 Å². The van der Waals surface area contributed by atoms with Gasteiger partial charge in [-0.3, -0.25) is 0 Å². The smallest absolute Gasteiger partial charge is 0.191 e. The Morgan fingerprint density at radius 2 is 1.88 bits per heavy atom. The van der Waals surface area contributed by atoms with Gasteiger partial charge in [0.25, 0.3) is 0 Å².